The van der Waals surface area contributed by atoms with Gasteiger partial charge in [0, 0.05) is 53.7 Å². The van der Waals surface area contributed by atoms with Crippen LogP contribution in [0.2, 0.25) is 0 Å². The van der Waals surface area contributed by atoms with Gasteiger partial charge in [-0.1, -0.05) is 26.0 Å². The molecule has 9 heteroatoms. The van der Waals surface area contributed by atoms with Crippen molar-refractivity contribution >= 4 is 23.0 Å². The third kappa shape index (κ3) is 6.93. The van der Waals surface area contributed by atoms with Gasteiger partial charge in [0.25, 0.3) is 0 Å². The summed E-state index contributed by atoms with van der Waals surface area (Å²) < 4.78 is 8.18. The van der Waals surface area contributed by atoms with E-state index in [1.807, 2.05) is 18.2 Å². The Labute approximate surface area is 189 Å². The maximum absolute atomic E-state index is 12.6. The second kappa shape index (κ2) is 12.4. The summed E-state index contributed by atoms with van der Waals surface area (Å²) in [5.74, 6) is 0.859. The monoisotopic (exact) mass is 447 g/mol. The fourth-order valence-corrected chi connectivity index (χ4v) is 3.43. The van der Waals surface area contributed by atoms with Gasteiger partial charge in [0.2, 0.25) is 5.91 Å². The molecule has 2 amide bonds. The summed E-state index contributed by atoms with van der Waals surface area (Å²) in [6, 6.07) is 6.95. The number of benzene rings is 1. The zero-order chi connectivity index (χ0) is 23.7. The summed E-state index contributed by atoms with van der Waals surface area (Å²) in [7, 11) is 5.11. The van der Waals surface area contributed by atoms with Crippen LogP contribution in [-0.2, 0) is 16.1 Å². The molecule has 0 atom stereocenters. The Morgan fingerprint density at radius 1 is 1.09 bits per heavy atom. The first kappa shape index (κ1) is 25.6. The highest BCUT2D eigenvalue weighted by Crippen LogP contribution is 2.13. The number of amides is 2. The zero-order valence-electron chi connectivity index (χ0n) is 20.0. The summed E-state index contributed by atoms with van der Waals surface area (Å²) in [6.07, 6.45) is 1.68. The van der Waals surface area contributed by atoms with Crippen LogP contribution in [-0.4, -0.2) is 84.9 Å². The Morgan fingerprint density at radius 3 is 2.28 bits per heavy atom. The lowest BCUT2D eigenvalue weighted by Crippen LogP contribution is -2.40. The van der Waals surface area contributed by atoms with Gasteiger partial charge < -0.3 is 15.0 Å². The quantitative estimate of drug-likeness (QED) is 0.730. The summed E-state index contributed by atoms with van der Waals surface area (Å²) in [4.78, 5) is 39.4. The van der Waals surface area contributed by atoms with E-state index >= 15 is 0 Å². The highest BCUT2D eigenvalue weighted by Gasteiger charge is 2.18. The van der Waals surface area contributed by atoms with Gasteiger partial charge in [0.1, 0.15) is 0 Å². The highest BCUT2D eigenvalue weighted by atomic mass is 16.5. The van der Waals surface area contributed by atoms with Gasteiger partial charge in [0.05, 0.1) is 24.2 Å². The van der Waals surface area contributed by atoms with Crippen LogP contribution >= 0.6 is 0 Å². The average molecular weight is 448 g/mol. The van der Waals surface area contributed by atoms with Crippen molar-refractivity contribution in [2.45, 2.75) is 33.2 Å². The molecule has 0 unspecified atom stereocenters. The number of ether oxygens (including phenoxy) is 1. The average Bonchev–Trinajstić information content (AvgIpc) is 3.07. The topological polar surface area (TPSA) is 88.8 Å². The molecule has 1 aliphatic rings. The maximum atomic E-state index is 12.6. The van der Waals surface area contributed by atoms with Crippen LogP contribution in [0, 0.1) is 5.92 Å². The van der Waals surface area contributed by atoms with E-state index in [1.54, 1.807) is 29.6 Å². The third-order valence-corrected chi connectivity index (χ3v) is 5.43. The van der Waals surface area contributed by atoms with Crippen molar-refractivity contribution in [2.24, 2.45) is 5.92 Å². The third-order valence-electron chi connectivity index (χ3n) is 5.43. The van der Waals surface area contributed by atoms with E-state index in [0.29, 0.717) is 24.4 Å². The Balaban J connectivity index is 0.000000309. The number of hydrogen-bond donors (Lipinski definition) is 1. The molecule has 3 rings (SSSR count). The lowest BCUT2D eigenvalue weighted by atomic mass is 10.1. The number of carbonyl (C=O) groups is 2. The number of imidazole rings is 1. The first-order valence-electron chi connectivity index (χ1n) is 11.2. The number of nitrogens with zero attached hydrogens (tertiary/aromatic N) is 4. The van der Waals surface area contributed by atoms with Crippen LogP contribution in [0.3, 0.4) is 0 Å². The predicted octanol–water partition coefficient (Wildman–Crippen LogP) is 1.83. The predicted molar refractivity (Wildman–Crippen MR) is 126 cm³/mol. The van der Waals surface area contributed by atoms with E-state index in [-0.39, 0.29) is 11.6 Å². The van der Waals surface area contributed by atoms with Crippen LogP contribution in [0.25, 0.3) is 11.0 Å². The molecule has 1 aromatic carbocycles. The SMILES string of the molecule is CC(C)CCC(=O)N(C)C.CNC(=O)n1c(=O)n(CCN2CCOCC2)c2ccccc21. The lowest BCUT2D eigenvalue weighted by molar-refractivity contribution is -0.128. The molecule has 0 spiro atoms. The summed E-state index contributed by atoms with van der Waals surface area (Å²) in [5.41, 5.74) is 1.12. The van der Waals surface area contributed by atoms with E-state index in [0.717, 1.165) is 44.8 Å². The highest BCUT2D eigenvalue weighted by molar-refractivity contribution is 5.89. The smallest absolute Gasteiger partial charge is 0.337 e. The van der Waals surface area contributed by atoms with Crippen LogP contribution in [0.15, 0.2) is 29.1 Å². The first-order valence-corrected chi connectivity index (χ1v) is 11.2. The van der Waals surface area contributed by atoms with Crippen LogP contribution < -0.4 is 11.0 Å². The molecule has 1 saturated heterocycles. The number of fused-ring (bicyclic) bond motifs is 1. The Kier molecular flexibility index (Phi) is 9.93. The normalized spacial score (nSPS) is 14.2. The van der Waals surface area contributed by atoms with Crippen molar-refractivity contribution in [1.29, 1.82) is 0 Å². The van der Waals surface area contributed by atoms with Gasteiger partial charge in [-0.3, -0.25) is 14.3 Å². The number of morpholine rings is 1. The van der Waals surface area contributed by atoms with Crippen molar-refractivity contribution in [1.82, 2.24) is 24.3 Å². The molecule has 2 heterocycles. The molecule has 0 aliphatic carbocycles. The molecule has 0 radical (unpaired) electrons. The summed E-state index contributed by atoms with van der Waals surface area (Å²) >= 11 is 0. The Bertz CT molecular complexity index is 942. The molecule has 2 aromatic rings. The summed E-state index contributed by atoms with van der Waals surface area (Å²) in [6.45, 7) is 8.80. The van der Waals surface area contributed by atoms with Crippen molar-refractivity contribution in [3.63, 3.8) is 0 Å². The standard InChI is InChI=1S/C15H20N4O3.C8H17NO/c1-16-14(20)19-13-5-3-2-4-12(13)18(15(19)21)7-6-17-8-10-22-11-9-17;1-7(2)5-6-8(10)9(3)4/h2-5H,6-11H2,1H3,(H,16,20);7H,5-6H2,1-4H3. The first-order chi connectivity index (χ1) is 15.3. The molecule has 0 bridgehead atoms. The minimum Gasteiger partial charge on any atom is -0.379 e. The number of nitrogens with one attached hydrogen (secondary N) is 1. The van der Waals surface area contributed by atoms with Crippen LogP contribution in [0.5, 0.6) is 0 Å². The number of carbonyl (C=O) groups excluding carboxylic acids is 2. The van der Waals surface area contributed by atoms with Gasteiger partial charge in [-0.2, -0.15) is 0 Å². The molecular formula is C23H37N5O4. The van der Waals surface area contributed by atoms with E-state index in [2.05, 4.69) is 24.1 Å². The number of aromatic nitrogens is 2. The van der Waals surface area contributed by atoms with Gasteiger partial charge >= 0.3 is 11.7 Å². The fraction of sp³-hybridized carbons (Fsp3) is 0.609. The molecule has 9 nitrogen and oxygen atoms in total. The van der Waals surface area contributed by atoms with Gasteiger partial charge in [-0.05, 0) is 24.5 Å². The molecule has 1 N–H and O–H groups in total. The largest absolute Gasteiger partial charge is 0.379 e. The fourth-order valence-electron chi connectivity index (χ4n) is 3.43. The molecule has 1 aliphatic heterocycles. The van der Waals surface area contributed by atoms with E-state index in [9.17, 15) is 14.4 Å². The maximum Gasteiger partial charge on any atom is 0.337 e. The second-order valence-corrected chi connectivity index (χ2v) is 8.49. The Hall–Kier alpha value is -2.65. The van der Waals surface area contributed by atoms with Gasteiger partial charge in [-0.15, -0.1) is 0 Å². The van der Waals surface area contributed by atoms with Crippen LogP contribution in [0.1, 0.15) is 26.7 Å². The Morgan fingerprint density at radius 2 is 1.72 bits per heavy atom. The van der Waals surface area contributed by atoms with Gasteiger partial charge in [0.15, 0.2) is 0 Å². The molecule has 1 aromatic heterocycles. The van der Waals surface area contributed by atoms with Crippen molar-refractivity contribution in [3.8, 4) is 0 Å². The number of para-hydroxylation sites is 2. The molecule has 178 valence electrons. The molecule has 1 fully saturated rings. The lowest BCUT2D eigenvalue weighted by Gasteiger charge is -2.26. The van der Waals surface area contributed by atoms with E-state index < -0.39 is 6.03 Å². The van der Waals surface area contributed by atoms with E-state index in [1.165, 1.54) is 11.6 Å². The van der Waals surface area contributed by atoms with Crippen molar-refractivity contribution in [2.75, 3.05) is 54.0 Å². The van der Waals surface area contributed by atoms with Crippen molar-refractivity contribution in [3.05, 3.63) is 34.7 Å². The molecular weight excluding hydrogens is 410 g/mol. The number of rotatable bonds is 6. The zero-order valence-corrected chi connectivity index (χ0v) is 20.0. The van der Waals surface area contributed by atoms with Crippen LogP contribution in [0.4, 0.5) is 4.79 Å². The number of hydrogen-bond acceptors (Lipinski definition) is 5. The van der Waals surface area contributed by atoms with Gasteiger partial charge in [-0.25, -0.2) is 14.2 Å². The molecule has 32 heavy (non-hydrogen) atoms. The van der Waals surface area contributed by atoms with E-state index in [4.69, 9.17) is 4.74 Å². The second-order valence-electron chi connectivity index (χ2n) is 8.49. The minimum atomic E-state index is -0.411. The van der Waals surface area contributed by atoms with Crippen molar-refractivity contribution < 1.29 is 14.3 Å². The molecule has 0 saturated carbocycles. The minimum absolute atomic E-state index is 0.230. The summed E-state index contributed by atoms with van der Waals surface area (Å²) in [5, 5.41) is 2.52.